The summed E-state index contributed by atoms with van der Waals surface area (Å²) >= 11 is 0. The first-order valence-electron chi connectivity index (χ1n) is 6.02. The van der Waals surface area contributed by atoms with Gasteiger partial charge in [0.2, 0.25) is 0 Å². The fourth-order valence-electron chi connectivity index (χ4n) is 1.77. The van der Waals surface area contributed by atoms with Crippen LogP contribution in [0.2, 0.25) is 0 Å². The van der Waals surface area contributed by atoms with Crippen molar-refractivity contribution in [1.82, 2.24) is 4.98 Å². The third-order valence-electron chi connectivity index (χ3n) is 2.73. The maximum absolute atomic E-state index is 10.9. The number of carboxylic acid groups (broad SMARTS) is 1. The van der Waals surface area contributed by atoms with Gasteiger partial charge in [0.25, 0.3) is 0 Å². The zero-order chi connectivity index (χ0) is 15.4. The highest BCUT2D eigenvalue weighted by Gasteiger charge is 2.18. The second-order valence-electron chi connectivity index (χ2n) is 4.40. The number of aromatic carboxylic acids is 1. The number of hydrogen-bond acceptors (Lipinski definition) is 5. The Morgan fingerprint density at radius 2 is 2.14 bits per heavy atom. The van der Waals surface area contributed by atoms with E-state index < -0.39 is 10.9 Å². The van der Waals surface area contributed by atoms with Crippen LogP contribution in [0.25, 0.3) is 0 Å². The van der Waals surface area contributed by atoms with Crippen LogP contribution in [0, 0.1) is 17.0 Å². The Morgan fingerprint density at radius 1 is 1.38 bits per heavy atom. The molecule has 0 unspecified atom stereocenters. The highest BCUT2D eigenvalue weighted by Crippen LogP contribution is 2.28. The first-order chi connectivity index (χ1) is 9.97. The van der Waals surface area contributed by atoms with E-state index in [1.165, 1.54) is 6.07 Å². The second-order valence-corrected chi connectivity index (χ2v) is 4.40. The minimum absolute atomic E-state index is 0.0680. The number of aryl methyl sites for hydroxylation is 1. The monoisotopic (exact) mass is 288 g/mol. The van der Waals surface area contributed by atoms with E-state index in [0.717, 1.165) is 23.3 Å². The molecule has 7 nitrogen and oxygen atoms in total. The Balaban J connectivity index is 2.26. The van der Waals surface area contributed by atoms with E-state index in [1.54, 1.807) is 12.4 Å². The van der Waals surface area contributed by atoms with Gasteiger partial charge in [0, 0.05) is 30.1 Å². The van der Waals surface area contributed by atoms with Crippen LogP contribution in [0.15, 0.2) is 36.7 Å². The van der Waals surface area contributed by atoms with Gasteiger partial charge in [-0.05, 0) is 24.6 Å². The van der Waals surface area contributed by atoms with Crippen LogP contribution in [0.1, 0.15) is 21.5 Å². The summed E-state index contributed by atoms with van der Waals surface area (Å²) in [5.41, 5.74) is 1.33. The summed E-state index contributed by atoms with van der Waals surface area (Å²) < 4.78 is 5.39. The normalized spacial score (nSPS) is 10.1. The molecule has 7 heteroatoms. The van der Waals surface area contributed by atoms with Crippen molar-refractivity contribution in [3.63, 3.8) is 0 Å². The van der Waals surface area contributed by atoms with E-state index in [1.807, 2.05) is 13.0 Å². The minimum atomic E-state index is -1.17. The number of aromatic nitrogens is 1. The molecule has 0 saturated heterocycles. The van der Waals surface area contributed by atoms with E-state index >= 15 is 0 Å². The molecular formula is C14H12N2O5. The number of carbonyl (C=O) groups is 1. The topological polar surface area (TPSA) is 103 Å². The van der Waals surface area contributed by atoms with Crippen LogP contribution >= 0.6 is 0 Å². The molecule has 0 spiro atoms. The van der Waals surface area contributed by atoms with Gasteiger partial charge in [-0.1, -0.05) is 0 Å². The summed E-state index contributed by atoms with van der Waals surface area (Å²) in [6.45, 7) is 1.93. The first kappa shape index (κ1) is 14.4. The van der Waals surface area contributed by atoms with Crippen molar-refractivity contribution in [2.24, 2.45) is 0 Å². The molecule has 1 aromatic heterocycles. The van der Waals surface area contributed by atoms with Gasteiger partial charge in [-0.2, -0.15) is 0 Å². The fraction of sp³-hybridized carbons (Fsp3) is 0.143. The molecule has 0 amide bonds. The van der Waals surface area contributed by atoms with Crippen molar-refractivity contribution in [2.75, 3.05) is 0 Å². The number of pyridine rings is 1. The molecule has 0 aliphatic heterocycles. The molecule has 21 heavy (non-hydrogen) atoms. The SMILES string of the molecule is Cc1cncc(COc2cc(C(=O)O)ccc2[N+](=O)[O-])c1. The molecule has 0 saturated carbocycles. The number of rotatable bonds is 5. The number of hydrogen-bond donors (Lipinski definition) is 1. The van der Waals surface area contributed by atoms with Crippen molar-refractivity contribution < 1.29 is 19.6 Å². The lowest BCUT2D eigenvalue weighted by Gasteiger charge is -2.08. The van der Waals surface area contributed by atoms with Crippen LogP contribution in [-0.4, -0.2) is 21.0 Å². The Kier molecular flexibility index (Phi) is 4.13. The first-order valence-corrected chi connectivity index (χ1v) is 6.02. The molecule has 1 heterocycles. The highest BCUT2D eigenvalue weighted by molar-refractivity contribution is 5.88. The Morgan fingerprint density at radius 3 is 2.76 bits per heavy atom. The van der Waals surface area contributed by atoms with Crippen LogP contribution < -0.4 is 4.74 Å². The number of nitro benzene ring substituents is 1. The molecule has 0 atom stereocenters. The van der Waals surface area contributed by atoms with E-state index in [4.69, 9.17) is 9.84 Å². The number of nitrogens with zero attached hydrogens (tertiary/aromatic N) is 2. The van der Waals surface area contributed by atoms with E-state index in [-0.39, 0.29) is 23.6 Å². The molecule has 0 bridgehead atoms. The maximum Gasteiger partial charge on any atom is 0.335 e. The van der Waals surface area contributed by atoms with E-state index in [9.17, 15) is 14.9 Å². The molecule has 1 aromatic carbocycles. The standard InChI is InChI=1S/C14H12N2O5/c1-9-4-10(7-15-6-9)8-21-13-5-11(14(17)18)2-3-12(13)16(19)20/h2-7H,8H2,1H3,(H,17,18). The number of ether oxygens (including phenoxy) is 1. The third kappa shape index (κ3) is 3.53. The predicted octanol–water partition coefficient (Wildman–Crippen LogP) is 2.58. The summed E-state index contributed by atoms with van der Waals surface area (Å²) in [4.78, 5) is 25.2. The largest absolute Gasteiger partial charge is 0.482 e. The predicted molar refractivity (Wildman–Crippen MR) is 73.4 cm³/mol. The third-order valence-corrected chi connectivity index (χ3v) is 2.73. The van der Waals surface area contributed by atoms with Gasteiger partial charge in [-0.25, -0.2) is 4.79 Å². The zero-order valence-electron chi connectivity index (χ0n) is 11.1. The summed E-state index contributed by atoms with van der Waals surface area (Å²) in [5, 5.41) is 19.9. The lowest BCUT2D eigenvalue weighted by molar-refractivity contribution is -0.385. The number of carboxylic acids is 1. The van der Waals surface area contributed by atoms with E-state index in [2.05, 4.69) is 4.98 Å². The zero-order valence-corrected chi connectivity index (χ0v) is 11.1. The summed E-state index contributed by atoms with van der Waals surface area (Å²) in [6.07, 6.45) is 3.26. The van der Waals surface area contributed by atoms with Crippen molar-refractivity contribution in [3.05, 3.63) is 63.5 Å². The lowest BCUT2D eigenvalue weighted by Crippen LogP contribution is -2.03. The van der Waals surface area contributed by atoms with Crippen LogP contribution in [0.3, 0.4) is 0 Å². The molecule has 0 radical (unpaired) electrons. The molecule has 2 rings (SSSR count). The van der Waals surface area contributed by atoms with Gasteiger partial charge in [0.1, 0.15) is 6.61 Å². The van der Waals surface area contributed by atoms with Gasteiger partial charge in [0.05, 0.1) is 10.5 Å². The van der Waals surface area contributed by atoms with Crippen molar-refractivity contribution in [2.45, 2.75) is 13.5 Å². The molecule has 108 valence electrons. The van der Waals surface area contributed by atoms with Crippen molar-refractivity contribution in [3.8, 4) is 5.75 Å². The summed E-state index contributed by atoms with van der Waals surface area (Å²) in [5.74, 6) is -1.26. The van der Waals surface area contributed by atoms with Crippen molar-refractivity contribution in [1.29, 1.82) is 0 Å². The highest BCUT2D eigenvalue weighted by atomic mass is 16.6. The quantitative estimate of drug-likeness (QED) is 0.670. The number of nitro groups is 1. The number of benzene rings is 1. The fourth-order valence-corrected chi connectivity index (χ4v) is 1.77. The van der Waals surface area contributed by atoms with Crippen LogP contribution in [0.5, 0.6) is 5.75 Å². The van der Waals surface area contributed by atoms with Gasteiger partial charge in [0.15, 0.2) is 5.75 Å². The molecular weight excluding hydrogens is 276 g/mol. The summed E-state index contributed by atoms with van der Waals surface area (Å²) in [6, 6.07) is 5.26. The lowest BCUT2D eigenvalue weighted by atomic mass is 10.2. The average Bonchev–Trinajstić information content (AvgIpc) is 2.44. The van der Waals surface area contributed by atoms with Crippen LogP contribution in [0.4, 0.5) is 5.69 Å². The Bertz CT molecular complexity index is 700. The molecule has 0 aliphatic carbocycles. The van der Waals surface area contributed by atoms with Gasteiger partial charge >= 0.3 is 11.7 Å². The van der Waals surface area contributed by atoms with Gasteiger partial charge in [-0.15, -0.1) is 0 Å². The van der Waals surface area contributed by atoms with Gasteiger partial charge in [-0.3, -0.25) is 15.1 Å². The Labute approximate surface area is 120 Å². The van der Waals surface area contributed by atoms with Gasteiger partial charge < -0.3 is 9.84 Å². The van der Waals surface area contributed by atoms with Crippen molar-refractivity contribution >= 4 is 11.7 Å². The van der Waals surface area contributed by atoms with Crippen LogP contribution in [-0.2, 0) is 6.61 Å². The average molecular weight is 288 g/mol. The molecule has 0 fully saturated rings. The second kappa shape index (κ2) is 6.00. The maximum atomic E-state index is 10.9. The molecule has 0 aliphatic rings. The summed E-state index contributed by atoms with van der Waals surface area (Å²) in [7, 11) is 0. The molecule has 2 aromatic rings. The Hall–Kier alpha value is -2.96. The smallest absolute Gasteiger partial charge is 0.335 e. The minimum Gasteiger partial charge on any atom is -0.482 e. The van der Waals surface area contributed by atoms with E-state index in [0.29, 0.717) is 0 Å². The molecule has 1 N–H and O–H groups in total.